The molecule has 4 aliphatic heterocycles. The highest BCUT2D eigenvalue weighted by atomic mass is 16.7. The molecule has 2 aromatic carbocycles. The summed E-state index contributed by atoms with van der Waals surface area (Å²) in [5.74, 6) is -2.91. The van der Waals surface area contributed by atoms with E-state index in [1.54, 1.807) is 19.1 Å². The summed E-state index contributed by atoms with van der Waals surface area (Å²) in [6.07, 6.45) is 5.38. The number of hydrogen-bond acceptors (Lipinski definition) is 15. The van der Waals surface area contributed by atoms with Crippen molar-refractivity contribution in [1.29, 1.82) is 0 Å². The fraction of sp³-hybridized carbons (Fsp3) is 0.500. The largest absolute Gasteiger partial charge is 0.482 e. The van der Waals surface area contributed by atoms with Gasteiger partial charge < -0.3 is 53.6 Å². The zero-order chi connectivity index (χ0) is 48.5. The average Bonchev–Trinajstić information content (AvgIpc) is 3.44. The number of carbonyl (C=O) groups excluding carboxylic acids is 4. The summed E-state index contributed by atoms with van der Waals surface area (Å²) < 4.78 is 43.9. The fourth-order valence-corrected chi connectivity index (χ4v) is 10.5. The molecule has 2 saturated heterocycles. The Morgan fingerprint density at radius 2 is 1.60 bits per heavy atom. The second-order valence-electron chi connectivity index (χ2n) is 19.7. The van der Waals surface area contributed by atoms with Crippen molar-refractivity contribution in [3.05, 3.63) is 99.2 Å². The minimum atomic E-state index is -1.73. The van der Waals surface area contributed by atoms with Gasteiger partial charge in [-0.2, -0.15) is 0 Å². The Hall–Kier alpha value is -5.42. The number of benzene rings is 2. The summed E-state index contributed by atoms with van der Waals surface area (Å²) in [6.45, 7) is 14.6. The van der Waals surface area contributed by atoms with Crippen LogP contribution in [0.2, 0.25) is 0 Å². The van der Waals surface area contributed by atoms with Gasteiger partial charge in [-0.15, -0.1) is 0 Å². The van der Waals surface area contributed by atoms with E-state index in [9.17, 15) is 34.8 Å². The molecule has 15 nitrogen and oxygen atoms in total. The molecule has 0 amide bonds. The van der Waals surface area contributed by atoms with Gasteiger partial charge >= 0.3 is 11.9 Å². The molecule has 9 rings (SSSR count). The highest BCUT2D eigenvalue weighted by molar-refractivity contribution is 6.19. The molecule has 4 bridgehead atoms. The fourth-order valence-electron chi connectivity index (χ4n) is 10.5. The van der Waals surface area contributed by atoms with Crippen LogP contribution in [0.4, 0.5) is 0 Å². The predicted molar refractivity (Wildman–Crippen MR) is 243 cm³/mol. The molecule has 1 saturated carbocycles. The number of esters is 2. The summed E-state index contributed by atoms with van der Waals surface area (Å²) in [7, 11) is 1.27. The number of ether oxygens (including phenoxy) is 7. The Labute approximate surface area is 389 Å². The first kappa shape index (κ1) is 48.1. The minimum Gasteiger partial charge on any atom is -0.482 e. The number of carbonyl (C=O) groups is 4. The van der Waals surface area contributed by atoms with Crippen molar-refractivity contribution in [3.63, 3.8) is 0 Å². The topological polar surface area (TPSA) is 214 Å². The van der Waals surface area contributed by atoms with E-state index >= 15 is 4.79 Å². The third-order valence-corrected chi connectivity index (χ3v) is 14.0. The molecular formula is C52H60O15. The number of ketones is 2. The van der Waals surface area contributed by atoms with Crippen LogP contribution in [0.25, 0.3) is 6.08 Å². The van der Waals surface area contributed by atoms with Gasteiger partial charge in [0.1, 0.15) is 52.8 Å². The molecule has 3 aliphatic carbocycles. The molecular weight excluding hydrogens is 865 g/mol. The van der Waals surface area contributed by atoms with E-state index in [1.807, 2.05) is 66.7 Å². The molecule has 358 valence electrons. The Morgan fingerprint density at radius 3 is 2.25 bits per heavy atom. The van der Waals surface area contributed by atoms with E-state index in [4.69, 9.17) is 33.2 Å². The lowest BCUT2D eigenvalue weighted by atomic mass is 9.51. The quantitative estimate of drug-likeness (QED) is 0.0783. The molecule has 3 fully saturated rings. The number of aliphatic hydroxyl groups is 4. The number of Topliss-reactive ketones (excluding diaryl/α,β-unsaturated/α-hetero) is 2. The summed E-state index contributed by atoms with van der Waals surface area (Å²) in [5.41, 5.74) is -1.68. The number of rotatable bonds is 13. The highest BCUT2D eigenvalue weighted by Crippen LogP contribution is 2.69. The highest BCUT2D eigenvalue weighted by Gasteiger charge is 2.81. The van der Waals surface area contributed by atoms with Gasteiger partial charge in [-0.25, -0.2) is 9.59 Å². The van der Waals surface area contributed by atoms with Gasteiger partial charge in [-0.1, -0.05) is 35.5 Å². The van der Waals surface area contributed by atoms with E-state index in [0.717, 1.165) is 11.1 Å². The molecule has 15 heteroatoms. The van der Waals surface area contributed by atoms with Crippen molar-refractivity contribution >= 4 is 29.6 Å². The molecule has 7 aliphatic rings. The van der Waals surface area contributed by atoms with Gasteiger partial charge in [-0.3, -0.25) is 9.59 Å². The predicted octanol–water partition coefficient (Wildman–Crippen LogP) is 6.02. The second-order valence-corrected chi connectivity index (χ2v) is 19.7. The van der Waals surface area contributed by atoms with Gasteiger partial charge in [-0.05, 0) is 117 Å². The molecule has 0 radical (unpaired) electrons. The van der Waals surface area contributed by atoms with Crippen LogP contribution in [0.5, 0.6) is 23.0 Å². The maximum absolute atomic E-state index is 15.7. The van der Waals surface area contributed by atoms with E-state index in [1.165, 1.54) is 31.4 Å². The molecule has 4 heterocycles. The number of allylic oxidation sites excluding steroid dienone is 5. The Balaban J connectivity index is 1.27. The maximum atomic E-state index is 15.7. The molecule has 0 aromatic heterocycles. The van der Waals surface area contributed by atoms with Gasteiger partial charge in [0.25, 0.3) is 0 Å². The van der Waals surface area contributed by atoms with Crippen molar-refractivity contribution < 1.29 is 72.8 Å². The number of methoxy groups -OCH3 is 1. The van der Waals surface area contributed by atoms with Crippen LogP contribution >= 0.6 is 0 Å². The van der Waals surface area contributed by atoms with Crippen molar-refractivity contribution in [3.8, 4) is 23.0 Å². The van der Waals surface area contributed by atoms with Crippen molar-refractivity contribution in [2.45, 2.75) is 141 Å². The second kappa shape index (κ2) is 17.6. The smallest absolute Gasteiger partial charge is 0.343 e. The summed E-state index contributed by atoms with van der Waals surface area (Å²) in [5, 5.41) is 40.6. The Morgan fingerprint density at radius 1 is 0.896 bits per heavy atom. The molecule has 10 atom stereocenters. The molecule has 5 unspecified atom stereocenters. The SMILES string of the molecule is COC(=O)/C(C)=C\CC12OC(C)(C)C3CC(C=C4C(=O)c5c(OC(=O)c6ccc(O[C@@H]7O[C@H](CO)[C@@H](O)[C@H](O)[C@H]7O)cc6)c6c(c(CC=C(C)C)c5OC431)OC(C)(CCC=C(C)C)C=C6)C2=O. The van der Waals surface area contributed by atoms with Crippen LogP contribution in [0, 0.1) is 11.8 Å². The van der Waals surface area contributed by atoms with E-state index in [-0.39, 0.29) is 58.1 Å². The lowest BCUT2D eigenvalue weighted by Gasteiger charge is -2.56. The Bertz CT molecular complexity index is 2540. The standard InChI is InChI=1S/C52H60O15/c1-26(2)11-10-20-50(8)21-19-33-42(65-50)32(17-12-27(3)4)44-37(43(33)64-47(60)29-13-15-31(16-14-29)62-48-41(57)40(56)39(55)35(25-53)63-48)38(54)34-23-30-24-36-49(6,7)67-51(45(30)58,52(34,36)66-44)22-18-28(5)46(59)61-9/h11-16,18-19,21,23,30,35-36,39-41,48,53,55-57H,10,17,20,22,24-25H2,1-9H3/b28-18-/t30?,35-,36?,39-,40+,41-,48-,50?,51?,52?/m1/s1. The molecule has 4 N–H and O–H groups in total. The van der Waals surface area contributed by atoms with Crippen molar-refractivity contribution in [1.82, 2.24) is 0 Å². The average molecular weight is 925 g/mol. The normalized spacial score (nSPS) is 31.9. The van der Waals surface area contributed by atoms with Crippen LogP contribution in [-0.4, -0.2) is 111 Å². The third-order valence-electron chi connectivity index (χ3n) is 14.0. The lowest BCUT2D eigenvalue weighted by molar-refractivity contribution is -0.277. The van der Waals surface area contributed by atoms with Gasteiger partial charge in [0, 0.05) is 35.0 Å². The first-order valence-corrected chi connectivity index (χ1v) is 22.7. The van der Waals surface area contributed by atoms with Crippen LogP contribution in [0.15, 0.2) is 76.9 Å². The zero-order valence-corrected chi connectivity index (χ0v) is 39.3. The Kier molecular flexibility index (Phi) is 12.6. The monoisotopic (exact) mass is 924 g/mol. The first-order chi connectivity index (χ1) is 31.6. The molecule has 2 aromatic rings. The van der Waals surface area contributed by atoms with E-state index in [0.29, 0.717) is 36.1 Å². The lowest BCUT2D eigenvalue weighted by Crippen LogP contribution is -2.72. The van der Waals surface area contributed by atoms with Crippen LogP contribution in [-0.2, 0) is 30.2 Å². The number of hydrogen-bond donors (Lipinski definition) is 4. The van der Waals surface area contributed by atoms with E-state index in [2.05, 4.69) is 6.08 Å². The number of fused-ring (bicyclic) bond motifs is 2. The molecule has 67 heavy (non-hydrogen) atoms. The van der Waals surface area contributed by atoms with Crippen LogP contribution in [0.1, 0.15) is 113 Å². The number of aliphatic hydroxyl groups excluding tert-OH is 4. The van der Waals surface area contributed by atoms with Crippen LogP contribution < -0.4 is 18.9 Å². The van der Waals surface area contributed by atoms with Gasteiger partial charge in [0.2, 0.25) is 6.29 Å². The summed E-state index contributed by atoms with van der Waals surface area (Å²) >= 11 is 0. The van der Waals surface area contributed by atoms with Gasteiger partial charge in [0.05, 0.1) is 30.4 Å². The van der Waals surface area contributed by atoms with Crippen LogP contribution in [0.3, 0.4) is 0 Å². The van der Waals surface area contributed by atoms with Crippen molar-refractivity contribution in [2.75, 3.05) is 13.7 Å². The minimum absolute atomic E-state index is 0.0151. The summed E-state index contributed by atoms with van der Waals surface area (Å²) in [4.78, 5) is 57.6. The van der Waals surface area contributed by atoms with E-state index < -0.39 is 89.3 Å². The maximum Gasteiger partial charge on any atom is 0.343 e. The summed E-state index contributed by atoms with van der Waals surface area (Å²) in [6, 6.07) is 5.64. The van der Waals surface area contributed by atoms with Gasteiger partial charge in [0.15, 0.2) is 28.5 Å². The zero-order valence-electron chi connectivity index (χ0n) is 39.3. The molecule has 1 spiro atoms. The third kappa shape index (κ3) is 7.96. The first-order valence-electron chi connectivity index (χ1n) is 22.7. The van der Waals surface area contributed by atoms with Crippen molar-refractivity contribution in [2.24, 2.45) is 11.8 Å².